The van der Waals surface area contributed by atoms with Gasteiger partial charge >= 0.3 is 0 Å². The van der Waals surface area contributed by atoms with Crippen LogP contribution in [-0.2, 0) is 10.0 Å². The number of ether oxygens (including phenoxy) is 1. The molecule has 0 radical (unpaired) electrons. The molecule has 0 aliphatic heterocycles. The number of carbonyl (C=O) groups excluding carboxylic acids is 1. The molecule has 3 aromatic rings. The first-order valence-electron chi connectivity index (χ1n) is 9.67. The Hall–Kier alpha value is -3.33. The van der Waals surface area contributed by atoms with Crippen molar-refractivity contribution in [2.45, 2.75) is 38.5 Å². The molecule has 2 aromatic carbocycles. The number of hydrogen-bond donors (Lipinski definition) is 2. The smallest absolute Gasteiger partial charge is 0.277 e. The van der Waals surface area contributed by atoms with Crippen LogP contribution in [0.25, 0.3) is 0 Å². The van der Waals surface area contributed by atoms with E-state index in [1.807, 2.05) is 45.9 Å². The van der Waals surface area contributed by atoms with Gasteiger partial charge in [-0.05, 0) is 43.2 Å². The molecule has 2 N–H and O–H groups in total. The molecule has 0 atom stereocenters. The van der Waals surface area contributed by atoms with Gasteiger partial charge in [0.1, 0.15) is 16.4 Å². The number of nitrogens with one attached hydrogen (secondary N) is 2. The van der Waals surface area contributed by atoms with Crippen molar-refractivity contribution in [2.75, 3.05) is 17.1 Å². The summed E-state index contributed by atoms with van der Waals surface area (Å²) < 4.78 is 39.3. The van der Waals surface area contributed by atoms with Crippen LogP contribution in [-0.4, -0.2) is 26.6 Å². The van der Waals surface area contributed by atoms with Gasteiger partial charge in [-0.3, -0.25) is 9.52 Å². The molecule has 1 aromatic heterocycles. The number of aromatic nitrogens is 1. The van der Waals surface area contributed by atoms with Gasteiger partial charge in [-0.2, -0.15) is 0 Å². The van der Waals surface area contributed by atoms with Crippen LogP contribution in [0, 0.1) is 13.8 Å². The number of anilines is 2. The fraction of sp³-hybridized carbons (Fsp3) is 0.273. The summed E-state index contributed by atoms with van der Waals surface area (Å²) in [4.78, 5) is 12.4. The zero-order chi connectivity index (χ0) is 22.8. The highest BCUT2D eigenvalue weighted by Gasteiger charge is 2.23. The van der Waals surface area contributed by atoms with E-state index in [0.717, 1.165) is 11.1 Å². The molecule has 8 nitrogen and oxygen atoms in total. The number of benzene rings is 2. The summed E-state index contributed by atoms with van der Waals surface area (Å²) >= 11 is 0. The first-order valence-corrected chi connectivity index (χ1v) is 11.2. The number of rotatable bonds is 7. The number of carbonyl (C=O) groups is 1. The monoisotopic (exact) mass is 443 g/mol. The summed E-state index contributed by atoms with van der Waals surface area (Å²) in [5.41, 5.74) is 2.47. The molecular weight excluding hydrogens is 418 g/mol. The Balaban J connectivity index is 1.91. The van der Waals surface area contributed by atoms with E-state index < -0.39 is 15.9 Å². The Morgan fingerprint density at radius 2 is 1.77 bits per heavy atom. The zero-order valence-electron chi connectivity index (χ0n) is 18.0. The van der Waals surface area contributed by atoms with E-state index in [1.54, 1.807) is 12.1 Å². The first-order chi connectivity index (χ1) is 14.6. The molecule has 0 saturated heterocycles. The maximum atomic E-state index is 13.1. The highest BCUT2D eigenvalue weighted by molar-refractivity contribution is 7.92. The molecule has 0 aliphatic rings. The van der Waals surface area contributed by atoms with Gasteiger partial charge in [0.15, 0.2) is 5.69 Å². The van der Waals surface area contributed by atoms with E-state index in [0.29, 0.717) is 11.4 Å². The van der Waals surface area contributed by atoms with Crippen LogP contribution in [0.2, 0.25) is 0 Å². The molecule has 0 unspecified atom stereocenters. The van der Waals surface area contributed by atoms with Crippen LogP contribution in [0.3, 0.4) is 0 Å². The normalized spacial score (nSPS) is 11.4. The molecule has 9 heteroatoms. The van der Waals surface area contributed by atoms with Gasteiger partial charge in [-0.25, -0.2) is 8.42 Å². The average molecular weight is 444 g/mol. The van der Waals surface area contributed by atoms with Gasteiger partial charge in [0.2, 0.25) is 0 Å². The number of sulfonamides is 1. The third-order valence-corrected chi connectivity index (χ3v) is 6.13. The number of amides is 1. The Morgan fingerprint density at radius 3 is 2.35 bits per heavy atom. The lowest BCUT2D eigenvalue weighted by molar-refractivity contribution is 0.101. The van der Waals surface area contributed by atoms with E-state index in [9.17, 15) is 13.2 Å². The minimum atomic E-state index is -3.99. The van der Waals surface area contributed by atoms with Crippen molar-refractivity contribution in [2.24, 2.45) is 0 Å². The second-order valence-corrected chi connectivity index (χ2v) is 9.11. The quantitative estimate of drug-likeness (QED) is 0.557. The number of para-hydroxylation sites is 1. The molecule has 0 aliphatic carbocycles. The van der Waals surface area contributed by atoms with Crippen molar-refractivity contribution < 1.29 is 22.5 Å². The van der Waals surface area contributed by atoms with Gasteiger partial charge in [0.05, 0.1) is 12.8 Å². The molecule has 3 rings (SSSR count). The van der Waals surface area contributed by atoms with Crippen LogP contribution in [0.15, 0.2) is 51.9 Å². The third kappa shape index (κ3) is 4.88. The van der Waals surface area contributed by atoms with Crippen molar-refractivity contribution in [1.29, 1.82) is 0 Å². The number of aryl methyl sites for hydroxylation is 2. The van der Waals surface area contributed by atoms with E-state index >= 15 is 0 Å². The summed E-state index contributed by atoms with van der Waals surface area (Å²) in [5, 5.41) is 6.42. The summed E-state index contributed by atoms with van der Waals surface area (Å²) in [6.45, 7) is 7.49. The predicted octanol–water partition coefficient (Wildman–Crippen LogP) is 4.48. The van der Waals surface area contributed by atoms with E-state index in [4.69, 9.17) is 9.26 Å². The molecule has 0 fully saturated rings. The van der Waals surface area contributed by atoms with Crippen molar-refractivity contribution in [3.8, 4) is 5.75 Å². The highest BCUT2D eigenvalue weighted by Crippen LogP contribution is 2.31. The Labute approximate surface area is 181 Å². The zero-order valence-corrected chi connectivity index (χ0v) is 18.8. The minimum Gasteiger partial charge on any atom is -0.495 e. The summed E-state index contributed by atoms with van der Waals surface area (Å²) in [6.07, 6.45) is 0. The Bertz CT molecular complexity index is 1200. The summed E-state index contributed by atoms with van der Waals surface area (Å²) in [7, 11) is -2.61. The van der Waals surface area contributed by atoms with Crippen LogP contribution in [0.1, 0.15) is 47.1 Å². The predicted molar refractivity (Wildman–Crippen MR) is 118 cm³/mol. The van der Waals surface area contributed by atoms with Crippen LogP contribution in [0.5, 0.6) is 5.75 Å². The lowest BCUT2D eigenvalue weighted by atomic mass is 10.1. The summed E-state index contributed by atoms with van der Waals surface area (Å²) in [6, 6.07) is 11.4. The van der Waals surface area contributed by atoms with Gasteiger partial charge < -0.3 is 14.6 Å². The van der Waals surface area contributed by atoms with Gasteiger partial charge in [0.25, 0.3) is 15.9 Å². The molecule has 1 heterocycles. The number of methoxy groups -OCH3 is 1. The van der Waals surface area contributed by atoms with E-state index in [1.165, 1.54) is 19.2 Å². The fourth-order valence-electron chi connectivity index (χ4n) is 2.99. The molecular formula is C22H25N3O5S. The maximum absolute atomic E-state index is 13.1. The lowest BCUT2D eigenvalue weighted by Gasteiger charge is -2.16. The largest absolute Gasteiger partial charge is 0.495 e. The average Bonchev–Trinajstić information content (AvgIpc) is 3.22. The standard InChI is InChI=1S/C22H25N3O5S/c1-13(2)19-12-17(24-30-19)22(26)23-16-9-10-18(29-5)20(11-16)31(27,28)25-21-14(3)7-6-8-15(21)4/h6-13,25H,1-5H3,(H,23,26). The van der Waals surface area contributed by atoms with Crippen molar-refractivity contribution in [3.63, 3.8) is 0 Å². The molecule has 1 amide bonds. The molecule has 31 heavy (non-hydrogen) atoms. The summed E-state index contributed by atoms with van der Waals surface area (Å²) in [5.74, 6) is 0.316. The maximum Gasteiger partial charge on any atom is 0.277 e. The molecule has 0 spiro atoms. The Morgan fingerprint density at radius 1 is 1.10 bits per heavy atom. The van der Waals surface area contributed by atoms with Crippen molar-refractivity contribution in [3.05, 3.63) is 65.0 Å². The molecule has 0 bridgehead atoms. The Kier molecular flexibility index (Phi) is 6.35. The second-order valence-electron chi connectivity index (χ2n) is 7.46. The van der Waals surface area contributed by atoms with Gasteiger partial charge in [-0.1, -0.05) is 37.2 Å². The van der Waals surface area contributed by atoms with Crippen LogP contribution in [0.4, 0.5) is 11.4 Å². The highest BCUT2D eigenvalue weighted by atomic mass is 32.2. The van der Waals surface area contributed by atoms with E-state index in [2.05, 4.69) is 15.2 Å². The molecule has 0 saturated carbocycles. The van der Waals surface area contributed by atoms with Gasteiger partial charge in [0, 0.05) is 17.7 Å². The SMILES string of the molecule is COc1ccc(NC(=O)c2cc(C(C)C)on2)cc1S(=O)(=O)Nc1c(C)cccc1C. The van der Waals surface area contributed by atoms with Crippen molar-refractivity contribution >= 4 is 27.3 Å². The molecule has 164 valence electrons. The van der Waals surface area contributed by atoms with Crippen LogP contribution < -0.4 is 14.8 Å². The van der Waals surface area contributed by atoms with Crippen molar-refractivity contribution in [1.82, 2.24) is 5.16 Å². The number of hydrogen-bond acceptors (Lipinski definition) is 6. The fourth-order valence-corrected chi connectivity index (χ4v) is 4.39. The number of nitrogens with zero attached hydrogens (tertiary/aromatic N) is 1. The third-order valence-electron chi connectivity index (χ3n) is 4.76. The minimum absolute atomic E-state index is 0.0859. The second kappa shape index (κ2) is 8.81. The van der Waals surface area contributed by atoms with Gasteiger partial charge in [-0.15, -0.1) is 0 Å². The lowest BCUT2D eigenvalue weighted by Crippen LogP contribution is -2.17. The topological polar surface area (TPSA) is 111 Å². The van der Waals surface area contributed by atoms with Crippen LogP contribution >= 0.6 is 0 Å². The van der Waals surface area contributed by atoms with E-state index in [-0.39, 0.29) is 27.9 Å². The first kappa shape index (κ1) is 22.4.